The van der Waals surface area contributed by atoms with Crippen molar-refractivity contribution in [2.45, 2.75) is 37.2 Å². The highest BCUT2D eigenvalue weighted by Crippen LogP contribution is 2.30. The lowest BCUT2D eigenvalue weighted by molar-refractivity contribution is -0.138. The van der Waals surface area contributed by atoms with Gasteiger partial charge < -0.3 is 15.0 Å². The van der Waals surface area contributed by atoms with Gasteiger partial charge in [0, 0.05) is 18.5 Å². The normalized spacial score (nSPS) is 20.9. The van der Waals surface area contributed by atoms with E-state index in [1.807, 2.05) is 0 Å². The van der Waals surface area contributed by atoms with E-state index in [-0.39, 0.29) is 42.0 Å². The quantitative estimate of drug-likeness (QED) is 0.656. The fourth-order valence-corrected chi connectivity index (χ4v) is 4.52. The molecule has 2 aliphatic heterocycles. The number of hydrogen-bond donors (Lipinski definition) is 1. The second-order valence-electron chi connectivity index (χ2n) is 8.13. The Hall–Kier alpha value is -2.62. The number of nitrogens with zero attached hydrogens (tertiary/aromatic N) is 1. The molecule has 11 heteroatoms. The van der Waals surface area contributed by atoms with Gasteiger partial charge in [-0.15, -0.1) is 0 Å². The maximum atomic E-state index is 13.4. The van der Waals surface area contributed by atoms with E-state index in [4.69, 9.17) is 27.9 Å². The molecule has 2 aromatic carbocycles. The third kappa shape index (κ3) is 5.06. The number of carbonyl (C=O) groups is 3. The van der Waals surface area contributed by atoms with Gasteiger partial charge in [-0.2, -0.15) is 13.2 Å². The van der Waals surface area contributed by atoms with Crippen LogP contribution in [-0.2, 0) is 26.9 Å². The molecular formula is C23H19Cl2F3N2O4. The SMILES string of the molecule is O=C(NC(Cc1ccc(Cl)c(Cl)c1)C(=O)N1CCC2OCC(=O)C21)c1ccc(C(F)(F)F)cc1. The zero-order chi connectivity index (χ0) is 24.6. The van der Waals surface area contributed by atoms with E-state index in [9.17, 15) is 27.6 Å². The molecule has 2 heterocycles. The molecular weight excluding hydrogens is 496 g/mol. The largest absolute Gasteiger partial charge is 0.416 e. The number of hydrogen-bond acceptors (Lipinski definition) is 4. The summed E-state index contributed by atoms with van der Waals surface area (Å²) in [7, 11) is 0. The van der Waals surface area contributed by atoms with E-state index in [2.05, 4.69) is 5.32 Å². The number of likely N-dealkylation sites (tertiary alicyclic amines) is 1. The number of halogens is 5. The van der Waals surface area contributed by atoms with Gasteiger partial charge in [0.25, 0.3) is 5.91 Å². The molecule has 0 saturated carbocycles. The number of benzene rings is 2. The highest BCUT2D eigenvalue weighted by atomic mass is 35.5. The van der Waals surface area contributed by atoms with Crippen molar-refractivity contribution in [3.63, 3.8) is 0 Å². The summed E-state index contributed by atoms with van der Waals surface area (Å²) in [6.07, 6.45) is -4.39. The summed E-state index contributed by atoms with van der Waals surface area (Å²) in [5, 5.41) is 3.19. The molecule has 1 N–H and O–H groups in total. The summed E-state index contributed by atoms with van der Waals surface area (Å²) >= 11 is 12.0. The maximum Gasteiger partial charge on any atom is 0.416 e. The van der Waals surface area contributed by atoms with Crippen LogP contribution in [0.2, 0.25) is 10.0 Å². The van der Waals surface area contributed by atoms with E-state index in [0.29, 0.717) is 17.0 Å². The molecule has 180 valence electrons. The van der Waals surface area contributed by atoms with Crippen molar-refractivity contribution in [3.8, 4) is 0 Å². The van der Waals surface area contributed by atoms with Gasteiger partial charge in [-0.05, 0) is 48.4 Å². The van der Waals surface area contributed by atoms with Crippen LogP contribution in [0.15, 0.2) is 42.5 Å². The highest BCUT2D eigenvalue weighted by molar-refractivity contribution is 6.42. The van der Waals surface area contributed by atoms with Crippen LogP contribution >= 0.6 is 23.2 Å². The number of alkyl halides is 3. The Kier molecular flexibility index (Phi) is 6.89. The molecule has 0 radical (unpaired) electrons. The molecule has 0 spiro atoms. The third-order valence-corrected chi connectivity index (χ3v) is 6.64. The average Bonchev–Trinajstić information content (AvgIpc) is 3.38. The minimum atomic E-state index is -4.54. The molecule has 2 fully saturated rings. The molecule has 2 saturated heterocycles. The summed E-state index contributed by atoms with van der Waals surface area (Å²) in [5.41, 5.74) is -0.333. The molecule has 2 amide bonds. The van der Waals surface area contributed by atoms with Gasteiger partial charge in [-0.25, -0.2) is 0 Å². The number of fused-ring (bicyclic) bond motifs is 1. The lowest BCUT2D eigenvalue weighted by Crippen LogP contribution is -2.53. The Balaban J connectivity index is 1.58. The molecule has 2 aliphatic rings. The van der Waals surface area contributed by atoms with Crippen LogP contribution in [0.5, 0.6) is 0 Å². The fraction of sp³-hybridized carbons (Fsp3) is 0.348. The lowest BCUT2D eigenvalue weighted by atomic mass is 10.0. The van der Waals surface area contributed by atoms with Crippen LogP contribution in [-0.4, -0.2) is 53.8 Å². The third-order valence-electron chi connectivity index (χ3n) is 5.90. The molecule has 0 aliphatic carbocycles. The first kappa shape index (κ1) is 24.5. The van der Waals surface area contributed by atoms with Crippen molar-refractivity contribution in [3.05, 3.63) is 69.2 Å². The second kappa shape index (κ2) is 9.56. The summed E-state index contributed by atoms with van der Waals surface area (Å²) in [6, 6.07) is 6.62. The van der Waals surface area contributed by atoms with Gasteiger partial charge in [-0.3, -0.25) is 14.4 Å². The fourth-order valence-electron chi connectivity index (χ4n) is 4.20. The van der Waals surface area contributed by atoms with E-state index >= 15 is 0 Å². The number of carbonyl (C=O) groups excluding carboxylic acids is 3. The predicted molar refractivity (Wildman–Crippen MR) is 118 cm³/mol. The average molecular weight is 515 g/mol. The molecule has 3 unspecified atom stereocenters. The van der Waals surface area contributed by atoms with Crippen LogP contribution < -0.4 is 5.32 Å². The Morgan fingerprint density at radius 2 is 1.82 bits per heavy atom. The summed E-state index contributed by atoms with van der Waals surface area (Å²) < 4.78 is 44.0. The minimum Gasteiger partial charge on any atom is -0.368 e. The van der Waals surface area contributed by atoms with Crippen LogP contribution in [0, 0.1) is 0 Å². The second-order valence-corrected chi connectivity index (χ2v) is 8.95. The summed E-state index contributed by atoms with van der Waals surface area (Å²) in [6.45, 7) is 0.211. The Bertz CT molecular complexity index is 1120. The highest BCUT2D eigenvalue weighted by Gasteiger charge is 2.48. The van der Waals surface area contributed by atoms with Crippen LogP contribution in [0.25, 0.3) is 0 Å². The number of Topliss-reactive ketones (excluding diaryl/α,β-unsaturated/α-hetero) is 1. The van der Waals surface area contributed by atoms with Gasteiger partial charge in [0.05, 0.1) is 21.7 Å². The van der Waals surface area contributed by atoms with Gasteiger partial charge in [-0.1, -0.05) is 29.3 Å². The van der Waals surface area contributed by atoms with Gasteiger partial charge >= 0.3 is 6.18 Å². The smallest absolute Gasteiger partial charge is 0.368 e. The molecule has 4 rings (SSSR count). The van der Waals surface area contributed by atoms with E-state index in [0.717, 1.165) is 24.3 Å². The van der Waals surface area contributed by atoms with Crippen LogP contribution in [0.1, 0.15) is 27.9 Å². The molecule has 0 aromatic heterocycles. The zero-order valence-electron chi connectivity index (χ0n) is 17.6. The Labute approximate surface area is 203 Å². The Morgan fingerprint density at radius 1 is 1.12 bits per heavy atom. The number of nitrogens with one attached hydrogen (secondary N) is 1. The van der Waals surface area contributed by atoms with Crippen molar-refractivity contribution < 1.29 is 32.3 Å². The number of amides is 2. The van der Waals surface area contributed by atoms with E-state index in [1.54, 1.807) is 18.2 Å². The van der Waals surface area contributed by atoms with Crippen molar-refractivity contribution in [1.29, 1.82) is 0 Å². The van der Waals surface area contributed by atoms with Crippen LogP contribution in [0.4, 0.5) is 13.2 Å². The maximum absolute atomic E-state index is 13.4. The first-order valence-corrected chi connectivity index (χ1v) is 11.2. The standard InChI is InChI=1S/C23H19Cl2F3N2O4/c24-15-6-1-12(9-16(15)25)10-17(22(33)30-8-7-19-20(30)18(31)11-34-19)29-21(32)13-2-4-14(5-3-13)23(26,27)28/h1-6,9,17,19-20H,7-8,10-11H2,(H,29,32). The number of ketones is 1. The molecule has 34 heavy (non-hydrogen) atoms. The van der Waals surface area contributed by atoms with E-state index in [1.165, 1.54) is 4.90 Å². The zero-order valence-corrected chi connectivity index (χ0v) is 19.1. The van der Waals surface area contributed by atoms with Crippen LogP contribution in [0.3, 0.4) is 0 Å². The number of rotatable bonds is 5. The van der Waals surface area contributed by atoms with Crippen molar-refractivity contribution in [2.75, 3.05) is 13.2 Å². The lowest BCUT2D eigenvalue weighted by Gasteiger charge is -2.27. The van der Waals surface area contributed by atoms with Crippen molar-refractivity contribution in [1.82, 2.24) is 10.2 Å². The summed E-state index contributed by atoms with van der Waals surface area (Å²) in [4.78, 5) is 39.9. The van der Waals surface area contributed by atoms with Gasteiger partial charge in [0.2, 0.25) is 5.91 Å². The first-order chi connectivity index (χ1) is 16.0. The van der Waals surface area contributed by atoms with Gasteiger partial charge in [0.1, 0.15) is 18.7 Å². The molecule has 3 atom stereocenters. The van der Waals surface area contributed by atoms with E-state index < -0.39 is 35.6 Å². The monoisotopic (exact) mass is 514 g/mol. The minimum absolute atomic E-state index is 0.0328. The first-order valence-electron chi connectivity index (χ1n) is 10.4. The van der Waals surface area contributed by atoms with Crippen molar-refractivity contribution in [2.24, 2.45) is 0 Å². The molecule has 2 aromatic rings. The summed E-state index contributed by atoms with van der Waals surface area (Å²) in [5.74, 6) is -1.42. The predicted octanol–water partition coefficient (Wildman–Crippen LogP) is 3.92. The van der Waals surface area contributed by atoms with Crippen molar-refractivity contribution >= 4 is 40.8 Å². The molecule has 6 nitrogen and oxygen atoms in total. The Morgan fingerprint density at radius 3 is 2.47 bits per heavy atom. The number of ether oxygens (including phenoxy) is 1. The topological polar surface area (TPSA) is 75.7 Å². The van der Waals surface area contributed by atoms with Gasteiger partial charge in [0.15, 0.2) is 5.78 Å². The molecule has 0 bridgehead atoms.